The molecule has 0 spiro atoms. The lowest BCUT2D eigenvalue weighted by Crippen LogP contribution is -2.41. The van der Waals surface area contributed by atoms with Crippen molar-refractivity contribution in [3.8, 4) is 28.5 Å². The molecule has 0 bridgehead atoms. The van der Waals surface area contributed by atoms with E-state index in [4.69, 9.17) is 23.9 Å². The molecule has 43 heavy (non-hydrogen) atoms. The summed E-state index contributed by atoms with van der Waals surface area (Å²) >= 11 is 0. The monoisotopic (exact) mass is 585 g/mol. The number of rotatable bonds is 13. The van der Waals surface area contributed by atoms with Crippen LogP contribution in [-0.2, 0) is 23.0 Å². The van der Waals surface area contributed by atoms with Crippen LogP contribution >= 0.6 is 0 Å². The average molecular weight is 586 g/mol. The Morgan fingerprint density at radius 3 is 2.16 bits per heavy atom. The van der Waals surface area contributed by atoms with E-state index in [0.717, 1.165) is 22.6 Å². The smallest absolute Gasteiger partial charge is 0.416 e. The van der Waals surface area contributed by atoms with Crippen LogP contribution in [0.2, 0.25) is 0 Å². The van der Waals surface area contributed by atoms with Crippen LogP contribution in [0.3, 0.4) is 0 Å². The van der Waals surface area contributed by atoms with E-state index in [2.05, 4.69) is 13.8 Å². The molecule has 0 N–H and O–H groups in total. The highest BCUT2D eigenvalue weighted by atomic mass is 16.6. The molecule has 0 saturated carbocycles. The van der Waals surface area contributed by atoms with Gasteiger partial charge in [-0.3, -0.25) is 9.69 Å². The number of esters is 1. The van der Waals surface area contributed by atoms with Crippen molar-refractivity contribution in [3.05, 3.63) is 96.4 Å². The van der Waals surface area contributed by atoms with Crippen molar-refractivity contribution >= 4 is 12.1 Å². The van der Waals surface area contributed by atoms with Crippen LogP contribution in [0.15, 0.2) is 85.1 Å². The maximum absolute atomic E-state index is 13.4. The number of carbonyl (C=O) groups is 2. The number of imidazole rings is 1. The molecule has 1 atom stereocenters. The molecule has 0 aliphatic heterocycles. The maximum atomic E-state index is 13.4. The Morgan fingerprint density at radius 1 is 0.884 bits per heavy atom. The zero-order chi connectivity index (χ0) is 30.8. The maximum Gasteiger partial charge on any atom is 0.416 e. The molecular formula is C34H39N3O6. The number of hydrogen-bond acceptors (Lipinski definition) is 7. The largest absolute Gasteiger partial charge is 0.497 e. The predicted molar refractivity (Wildman–Crippen MR) is 164 cm³/mol. The van der Waals surface area contributed by atoms with Crippen LogP contribution in [0.5, 0.6) is 17.2 Å². The lowest BCUT2D eigenvalue weighted by atomic mass is 9.95. The van der Waals surface area contributed by atoms with Crippen molar-refractivity contribution in [2.24, 2.45) is 13.0 Å². The summed E-state index contributed by atoms with van der Waals surface area (Å²) in [7, 11) is 4.85. The van der Waals surface area contributed by atoms with E-state index in [9.17, 15) is 9.59 Å². The molecule has 0 saturated heterocycles. The van der Waals surface area contributed by atoms with Gasteiger partial charge in [0.2, 0.25) is 0 Å². The molecule has 4 rings (SSSR count). The van der Waals surface area contributed by atoms with Gasteiger partial charge in [0.1, 0.15) is 29.6 Å². The molecule has 1 amide bonds. The van der Waals surface area contributed by atoms with E-state index in [1.54, 1.807) is 31.4 Å². The van der Waals surface area contributed by atoms with E-state index in [1.807, 2.05) is 72.4 Å². The van der Waals surface area contributed by atoms with Gasteiger partial charge in [0.05, 0.1) is 32.6 Å². The highest BCUT2D eigenvalue weighted by Gasteiger charge is 2.30. The van der Waals surface area contributed by atoms with Crippen LogP contribution < -0.4 is 14.2 Å². The topological polar surface area (TPSA) is 92.1 Å². The van der Waals surface area contributed by atoms with Gasteiger partial charge >= 0.3 is 12.1 Å². The zero-order valence-electron chi connectivity index (χ0n) is 25.4. The lowest BCUT2D eigenvalue weighted by Gasteiger charge is -2.31. The number of carbonyl (C=O) groups excluding carboxylic acids is 2. The molecule has 226 valence electrons. The summed E-state index contributed by atoms with van der Waals surface area (Å²) < 4.78 is 23.8. The fourth-order valence-electron chi connectivity index (χ4n) is 4.73. The van der Waals surface area contributed by atoms with Gasteiger partial charge in [0.15, 0.2) is 0 Å². The number of hydrogen-bond donors (Lipinski definition) is 0. The molecule has 0 fully saturated rings. The summed E-state index contributed by atoms with van der Waals surface area (Å²) in [6.45, 7) is 4.33. The summed E-state index contributed by atoms with van der Waals surface area (Å²) in [5.74, 6) is 2.31. The van der Waals surface area contributed by atoms with Crippen molar-refractivity contribution < 1.29 is 28.5 Å². The summed E-state index contributed by atoms with van der Waals surface area (Å²) in [4.78, 5) is 32.0. The summed E-state index contributed by atoms with van der Waals surface area (Å²) in [5.41, 5.74) is 2.86. The van der Waals surface area contributed by atoms with Gasteiger partial charge in [-0.2, -0.15) is 0 Å². The van der Waals surface area contributed by atoms with Gasteiger partial charge in [-0.1, -0.05) is 56.3 Å². The Hall–Kier alpha value is -4.79. The summed E-state index contributed by atoms with van der Waals surface area (Å²) in [6, 6.07) is 23.9. The average Bonchev–Trinajstić information content (AvgIpc) is 3.39. The second kappa shape index (κ2) is 14.9. The molecule has 0 unspecified atom stereocenters. The summed E-state index contributed by atoms with van der Waals surface area (Å²) in [6.07, 6.45) is 2.63. The highest BCUT2D eigenvalue weighted by Crippen LogP contribution is 2.31. The first-order valence-electron chi connectivity index (χ1n) is 14.3. The molecule has 1 aromatic heterocycles. The molecule has 4 aromatic rings. The molecule has 0 aliphatic rings. The van der Waals surface area contributed by atoms with Gasteiger partial charge in [-0.15, -0.1) is 0 Å². The Labute approximate surface area is 253 Å². The van der Waals surface area contributed by atoms with Gasteiger partial charge in [-0.05, 0) is 54.3 Å². The van der Waals surface area contributed by atoms with Gasteiger partial charge < -0.3 is 23.5 Å². The van der Waals surface area contributed by atoms with Crippen molar-refractivity contribution in [1.29, 1.82) is 0 Å². The highest BCUT2D eigenvalue weighted by molar-refractivity contribution is 5.79. The standard InChI is InChI=1S/C34H39N3O6/c1-24(2)21-31(37(23-33(38)41-5)34(39)43-29-17-15-27(40-4)16-18-29)26-11-13-28(14-12-26)42-20-19-32-35-30(22-36(32)3)25-9-7-6-8-10-25/h6-18,22,24,31H,19-21,23H2,1-5H3/t31-/m0/s1. The Morgan fingerprint density at radius 2 is 1.53 bits per heavy atom. The number of benzene rings is 3. The van der Waals surface area contributed by atoms with Crippen molar-refractivity contribution in [3.63, 3.8) is 0 Å². The summed E-state index contributed by atoms with van der Waals surface area (Å²) in [5, 5.41) is 0. The minimum atomic E-state index is -0.647. The minimum Gasteiger partial charge on any atom is -0.497 e. The number of ether oxygens (including phenoxy) is 4. The number of nitrogens with zero attached hydrogens (tertiary/aromatic N) is 3. The van der Waals surface area contributed by atoms with Crippen LogP contribution in [0.4, 0.5) is 4.79 Å². The first-order chi connectivity index (χ1) is 20.8. The lowest BCUT2D eigenvalue weighted by molar-refractivity contribution is -0.142. The van der Waals surface area contributed by atoms with Crippen LogP contribution in [0, 0.1) is 5.92 Å². The van der Waals surface area contributed by atoms with E-state index in [0.29, 0.717) is 36.7 Å². The van der Waals surface area contributed by atoms with Gasteiger partial charge in [0, 0.05) is 25.2 Å². The van der Waals surface area contributed by atoms with E-state index in [1.165, 1.54) is 12.0 Å². The van der Waals surface area contributed by atoms with Crippen LogP contribution in [-0.4, -0.2) is 53.9 Å². The molecule has 1 heterocycles. The van der Waals surface area contributed by atoms with Crippen molar-refractivity contribution in [2.45, 2.75) is 32.7 Å². The van der Waals surface area contributed by atoms with Crippen molar-refractivity contribution in [2.75, 3.05) is 27.4 Å². The van der Waals surface area contributed by atoms with E-state index >= 15 is 0 Å². The third-order valence-corrected chi connectivity index (χ3v) is 7.00. The Bertz CT molecular complexity index is 1470. The first kappa shape index (κ1) is 31.2. The molecule has 9 nitrogen and oxygen atoms in total. The van der Waals surface area contributed by atoms with Crippen LogP contribution in [0.25, 0.3) is 11.3 Å². The third-order valence-electron chi connectivity index (χ3n) is 7.00. The van der Waals surface area contributed by atoms with Gasteiger partial charge in [-0.25, -0.2) is 9.78 Å². The molecule has 3 aromatic carbocycles. The second-order valence-electron chi connectivity index (χ2n) is 10.6. The molecule has 9 heteroatoms. The second-order valence-corrected chi connectivity index (χ2v) is 10.6. The molecular weight excluding hydrogens is 546 g/mol. The predicted octanol–water partition coefficient (Wildman–Crippen LogP) is 6.48. The Kier molecular flexibility index (Phi) is 10.8. The fourth-order valence-corrected chi connectivity index (χ4v) is 4.73. The first-order valence-corrected chi connectivity index (χ1v) is 14.3. The molecule has 0 radical (unpaired) electrons. The SMILES string of the molecule is COC(=O)CN(C(=O)Oc1ccc(OC)cc1)[C@@H](CC(C)C)c1ccc(OCCc2nc(-c3ccccc3)cn2C)cc1. The van der Waals surface area contributed by atoms with Gasteiger partial charge in [0.25, 0.3) is 0 Å². The van der Waals surface area contributed by atoms with E-state index < -0.39 is 18.1 Å². The van der Waals surface area contributed by atoms with E-state index in [-0.39, 0.29) is 12.5 Å². The number of aromatic nitrogens is 2. The number of methoxy groups -OCH3 is 2. The number of aryl methyl sites for hydroxylation is 1. The third kappa shape index (κ3) is 8.61. The molecule has 0 aliphatic carbocycles. The minimum absolute atomic E-state index is 0.230. The Balaban J connectivity index is 1.46. The fraction of sp³-hybridized carbons (Fsp3) is 0.324. The van der Waals surface area contributed by atoms with Crippen LogP contribution in [0.1, 0.15) is 37.7 Å². The zero-order valence-corrected chi connectivity index (χ0v) is 25.4. The number of amides is 1. The normalized spacial score (nSPS) is 11.6. The van der Waals surface area contributed by atoms with Crippen molar-refractivity contribution in [1.82, 2.24) is 14.5 Å². The quantitative estimate of drug-likeness (QED) is 0.166.